The maximum Gasteiger partial charge on any atom is 0.00385 e. The Balaban J connectivity index is 0. The van der Waals surface area contributed by atoms with Gasteiger partial charge in [0, 0.05) is 12.6 Å². The molecule has 2 aliphatic rings. The fourth-order valence-corrected chi connectivity index (χ4v) is 3.46. The zero-order chi connectivity index (χ0) is 19.1. The molecular weight excluding hydrogens is 292 g/mol. The van der Waals surface area contributed by atoms with Crippen LogP contribution in [0.2, 0.25) is 0 Å². The molecule has 2 rings (SSSR count). The van der Waals surface area contributed by atoms with Crippen molar-refractivity contribution in [3.63, 3.8) is 0 Å². The first-order chi connectivity index (χ1) is 11.4. The van der Waals surface area contributed by atoms with E-state index in [1.54, 1.807) is 0 Å². The zero-order valence-corrected chi connectivity index (χ0v) is 18.9. The van der Waals surface area contributed by atoms with E-state index in [-0.39, 0.29) is 0 Å². The third kappa shape index (κ3) is 11.5. The average Bonchev–Trinajstić information content (AvgIpc) is 3.04. The van der Waals surface area contributed by atoms with E-state index in [1.165, 1.54) is 51.9 Å². The fraction of sp³-hybridized carbons (Fsp3) is 1.00. The molecule has 0 aromatic rings. The Labute approximate surface area is 155 Å². The van der Waals surface area contributed by atoms with Gasteiger partial charge < -0.3 is 9.80 Å². The van der Waals surface area contributed by atoms with Crippen molar-refractivity contribution < 1.29 is 0 Å². The Morgan fingerprint density at radius 1 is 0.833 bits per heavy atom. The lowest BCUT2D eigenvalue weighted by Gasteiger charge is -2.36. The highest BCUT2D eigenvalue weighted by Crippen LogP contribution is 2.25. The van der Waals surface area contributed by atoms with Crippen LogP contribution in [-0.4, -0.2) is 49.1 Å². The third-order valence-electron chi connectivity index (χ3n) is 5.31. The quantitative estimate of drug-likeness (QED) is 0.605. The molecule has 24 heavy (non-hydrogen) atoms. The summed E-state index contributed by atoms with van der Waals surface area (Å²) < 4.78 is 0. The number of rotatable bonds is 3. The predicted octanol–water partition coefficient (Wildman–Crippen LogP) is 6.16. The molecule has 2 aliphatic heterocycles. The smallest absolute Gasteiger partial charge is 0.00385 e. The first-order valence-corrected chi connectivity index (χ1v) is 10.9. The summed E-state index contributed by atoms with van der Waals surface area (Å²) in [5, 5.41) is 0. The second-order valence-electron chi connectivity index (χ2n) is 7.54. The van der Waals surface area contributed by atoms with Gasteiger partial charge in [0.05, 0.1) is 0 Å². The molecule has 0 aromatic carbocycles. The number of piperidine rings is 1. The molecule has 0 spiro atoms. The van der Waals surface area contributed by atoms with Crippen LogP contribution in [0.5, 0.6) is 0 Å². The molecule has 1 unspecified atom stereocenters. The van der Waals surface area contributed by atoms with Crippen molar-refractivity contribution in [3.05, 3.63) is 0 Å². The van der Waals surface area contributed by atoms with E-state index in [0.29, 0.717) is 0 Å². The maximum absolute atomic E-state index is 2.60. The molecule has 0 amide bonds. The summed E-state index contributed by atoms with van der Waals surface area (Å²) >= 11 is 0. The van der Waals surface area contributed by atoms with Crippen LogP contribution in [0.15, 0.2) is 0 Å². The van der Waals surface area contributed by atoms with Crippen LogP contribution in [-0.2, 0) is 0 Å². The van der Waals surface area contributed by atoms with Gasteiger partial charge in [-0.05, 0) is 77.5 Å². The lowest BCUT2D eigenvalue weighted by molar-refractivity contribution is 0.129. The Bertz CT molecular complexity index is 226. The van der Waals surface area contributed by atoms with Gasteiger partial charge in [-0.2, -0.15) is 0 Å². The van der Waals surface area contributed by atoms with Crippen LogP contribution < -0.4 is 0 Å². The van der Waals surface area contributed by atoms with Crippen LogP contribution >= 0.6 is 0 Å². The third-order valence-corrected chi connectivity index (χ3v) is 5.31. The van der Waals surface area contributed by atoms with Gasteiger partial charge in [0.2, 0.25) is 0 Å². The second-order valence-corrected chi connectivity index (χ2v) is 7.54. The summed E-state index contributed by atoms with van der Waals surface area (Å²) in [6.07, 6.45) is 5.61. The molecule has 0 saturated carbocycles. The van der Waals surface area contributed by atoms with E-state index in [1.807, 2.05) is 27.7 Å². The Morgan fingerprint density at radius 2 is 1.33 bits per heavy atom. The van der Waals surface area contributed by atoms with E-state index in [9.17, 15) is 0 Å². The van der Waals surface area contributed by atoms with Crippen LogP contribution in [0.1, 0.15) is 88.0 Å². The Morgan fingerprint density at radius 3 is 1.58 bits per heavy atom. The van der Waals surface area contributed by atoms with Crippen molar-refractivity contribution in [3.8, 4) is 0 Å². The van der Waals surface area contributed by atoms with Gasteiger partial charge in [-0.25, -0.2) is 0 Å². The normalized spacial score (nSPS) is 22.2. The van der Waals surface area contributed by atoms with Crippen molar-refractivity contribution in [2.45, 2.75) is 94.0 Å². The van der Waals surface area contributed by atoms with Crippen LogP contribution in [0.3, 0.4) is 0 Å². The van der Waals surface area contributed by atoms with Gasteiger partial charge >= 0.3 is 0 Å². The number of nitrogens with zero attached hydrogens (tertiary/aromatic N) is 2. The summed E-state index contributed by atoms with van der Waals surface area (Å²) in [4.78, 5) is 5.01. The summed E-state index contributed by atoms with van der Waals surface area (Å²) in [6.45, 7) is 24.9. The monoisotopic (exact) mass is 342 g/mol. The van der Waals surface area contributed by atoms with E-state index in [4.69, 9.17) is 0 Å². The minimum Gasteiger partial charge on any atom is -0.306 e. The second kappa shape index (κ2) is 16.4. The van der Waals surface area contributed by atoms with Gasteiger partial charge in [0.15, 0.2) is 0 Å². The highest BCUT2D eigenvalue weighted by molar-refractivity contribution is 4.75. The van der Waals surface area contributed by atoms with Gasteiger partial charge in [-0.3, -0.25) is 0 Å². The summed E-state index contributed by atoms with van der Waals surface area (Å²) in [6, 6.07) is 0.748. The molecule has 2 nitrogen and oxygen atoms in total. The molecule has 2 heterocycles. The fourth-order valence-electron chi connectivity index (χ4n) is 3.46. The number of hydrogen-bond acceptors (Lipinski definition) is 2. The largest absolute Gasteiger partial charge is 0.306 e. The van der Waals surface area contributed by atoms with Crippen LogP contribution in [0.4, 0.5) is 0 Å². The van der Waals surface area contributed by atoms with E-state index >= 15 is 0 Å². The minimum absolute atomic E-state index is 0.748. The highest BCUT2D eigenvalue weighted by Gasteiger charge is 2.22. The SMILES string of the molecule is CC.CC.CC(C)C1CCN(C(C)C)CC1.CCC1CCN(C)C1. The summed E-state index contributed by atoms with van der Waals surface area (Å²) in [5.41, 5.74) is 0. The summed E-state index contributed by atoms with van der Waals surface area (Å²) in [7, 11) is 2.20. The van der Waals surface area contributed by atoms with E-state index < -0.39 is 0 Å². The average molecular weight is 343 g/mol. The molecule has 2 saturated heterocycles. The molecule has 1 atom stereocenters. The molecule has 0 aromatic heterocycles. The molecule has 2 fully saturated rings. The molecule has 148 valence electrons. The van der Waals surface area contributed by atoms with Crippen molar-refractivity contribution in [1.29, 1.82) is 0 Å². The van der Waals surface area contributed by atoms with Crippen molar-refractivity contribution in [2.75, 3.05) is 33.2 Å². The summed E-state index contributed by atoms with van der Waals surface area (Å²) in [5.74, 6) is 2.87. The first-order valence-electron chi connectivity index (χ1n) is 10.9. The van der Waals surface area contributed by atoms with Gasteiger partial charge in [0.1, 0.15) is 0 Å². The first kappa shape index (κ1) is 26.2. The Kier molecular flexibility index (Phi) is 17.9. The van der Waals surface area contributed by atoms with Gasteiger partial charge in [-0.15, -0.1) is 0 Å². The zero-order valence-electron chi connectivity index (χ0n) is 18.9. The molecule has 0 aliphatic carbocycles. The van der Waals surface area contributed by atoms with Crippen molar-refractivity contribution >= 4 is 0 Å². The van der Waals surface area contributed by atoms with Crippen molar-refractivity contribution in [2.24, 2.45) is 17.8 Å². The number of hydrogen-bond donors (Lipinski definition) is 0. The molecule has 0 N–H and O–H groups in total. The topological polar surface area (TPSA) is 6.48 Å². The molecular formula is C22H50N2. The predicted molar refractivity (Wildman–Crippen MR) is 113 cm³/mol. The van der Waals surface area contributed by atoms with Crippen molar-refractivity contribution in [1.82, 2.24) is 9.80 Å². The standard InChI is InChI=1S/C11H23N.C7H15N.2C2H6/c1-9(2)11-5-7-12(8-6-11)10(3)4;1-3-7-4-5-8(2)6-7;2*1-2/h9-11H,5-8H2,1-4H3;7H,3-6H2,1-2H3;2*1-2H3. The van der Waals surface area contributed by atoms with E-state index in [2.05, 4.69) is 51.5 Å². The van der Waals surface area contributed by atoms with Gasteiger partial charge in [0.25, 0.3) is 0 Å². The lowest BCUT2D eigenvalue weighted by Crippen LogP contribution is -2.39. The van der Waals surface area contributed by atoms with E-state index in [0.717, 1.165) is 23.8 Å². The molecule has 0 bridgehead atoms. The maximum atomic E-state index is 2.60. The van der Waals surface area contributed by atoms with Crippen LogP contribution in [0.25, 0.3) is 0 Å². The Hall–Kier alpha value is -0.0800. The van der Waals surface area contributed by atoms with Gasteiger partial charge in [-0.1, -0.05) is 54.9 Å². The van der Waals surface area contributed by atoms with Crippen LogP contribution in [0, 0.1) is 17.8 Å². The number of likely N-dealkylation sites (tertiary alicyclic amines) is 2. The highest BCUT2D eigenvalue weighted by atomic mass is 15.1. The molecule has 0 radical (unpaired) electrons. The minimum atomic E-state index is 0.748. The molecule has 2 heteroatoms. The lowest BCUT2D eigenvalue weighted by atomic mass is 9.86.